The Balaban J connectivity index is 3.58. The number of phosphoric acid groups is 1. The molecule has 334 valence electrons. The van der Waals surface area contributed by atoms with Gasteiger partial charge in [0.15, 0.2) is 0 Å². The molecule has 0 aromatic heterocycles. The SMILES string of the molecule is CCCCC/C=C\C/C=C\CCCCCCCC(=O)NCCOP(=O)(O)OCC(O)COC(=O)CCCCCCCCCCCCC/C=C/CCCCCCCC. The van der Waals surface area contributed by atoms with Crippen LogP contribution < -0.4 is 5.32 Å². The normalized spacial score (nSPS) is 13.5. The van der Waals surface area contributed by atoms with Crippen LogP contribution in [0.2, 0.25) is 0 Å². The van der Waals surface area contributed by atoms with Gasteiger partial charge in [0.1, 0.15) is 12.7 Å². The van der Waals surface area contributed by atoms with Gasteiger partial charge in [-0.15, -0.1) is 0 Å². The number of hydrogen-bond acceptors (Lipinski definition) is 7. The maximum atomic E-state index is 12.1. The van der Waals surface area contributed by atoms with Crippen molar-refractivity contribution in [1.29, 1.82) is 0 Å². The van der Waals surface area contributed by atoms with E-state index in [4.69, 9.17) is 13.8 Å². The first-order chi connectivity index (χ1) is 27.8. The molecule has 0 rings (SSSR count). The smallest absolute Gasteiger partial charge is 0.463 e. The van der Waals surface area contributed by atoms with E-state index in [9.17, 15) is 24.2 Å². The molecular formula is C47H88NO8P. The number of esters is 1. The maximum absolute atomic E-state index is 12.1. The van der Waals surface area contributed by atoms with Crippen LogP contribution in [0.4, 0.5) is 0 Å². The Morgan fingerprint density at radius 3 is 1.46 bits per heavy atom. The summed E-state index contributed by atoms with van der Waals surface area (Å²) in [6.45, 7) is 3.52. The highest BCUT2D eigenvalue weighted by Crippen LogP contribution is 2.42. The van der Waals surface area contributed by atoms with Gasteiger partial charge in [-0.2, -0.15) is 0 Å². The Bertz CT molecular complexity index is 1030. The summed E-state index contributed by atoms with van der Waals surface area (Å²) in [7, 11) is -4.42. The van der Waals surface area contributed by atoms with E-state index in [0.29, 0.717) is 6.42 Å². The third-order valence-electron chi connectivity index (χ3n) is 10.0. The fourth-order valence-corrected chi connectivity index (χ4v) is 7.22. The Morgan fingerprint density at radius 1 is 0.544 bits per heavy atom. The molecule has 0 aromatic carbocycles. The fraction of sp³-hybridized carbons (Fsp3) is 0.830. The number of carbonyl (C=O) groups is 2. The number of amides is 1. The monoisotopic (exact) mass is 826 g/mol. The summed E-state index contributed by atoms with van der Waals surface area (Å²) in [5.41, 5.74) is 0. The van der Waals surface area contributed by atoms with Crippen molar-refractivity contribution in [3.63, 3.8) is 0 Å². The van der Waals surface area contributed by atoms with E-state index in [2.05, 4.69) is 55.6 Å². The number of carbonyl (C=O) groups excluding carboxylic acids is 2. The highest BCUT2D eigenvalue weighted by molar-refractivity contribution is 7.47. The largest absolute Gasteiger partial charge is 0.472 e. The van der Waals surface area contributed by atoms with Crippen molar-refractivity contribution >= 4 is 19.7 Å². The number of unbranched alkanes of at least 4 members (excludes halogenated alkanes) is 25. The van der Waals surface area contributed by atoms with Crippen molar-refractivity contribution < 1.29 is 37.9 Å². The number of phosphoric ester groups is 1. The zero-order valence-corrected chi connectivity index (χ0v) is 37.7. The molecule has 2 unspecified atom stereocenters. The van der Waals surface area contributed by atoms with E-state index in [1.54, 1.807) is 0 Å². The number of nitrogens with one attached hydrogen (secondary N) is 1. The van der Waals surface area contributed by atoms with Gasteiger partial charge in [-0.25, -0.2) is 4.57 Å². The average Bonchev–Trinajstić information content (AvgIpc) is 3.20. The summed E-state index contributed by atoms with van der Waals surface area (Å²) in [4.78, 5) is 34.0. The van der Waals surface area contributed by atoms with Gasteiger partial charge in [-0.05, 0) is 70.6 Å². The van der Waals surface area contributed by atoms with Crippen LogP contribution in [0, 0.1) is 0 Å². The predicted molar refractivity (Wildman–Crippen MR) is 238 cm³/mol. The van der Waals surface area contributed by atoms with Gasteiger partial charge in [0.2, 0.25) is 5.91 Å². The Hall–Kier alpha value is -1.77. The van der Waals surface area contributed by atoms with E-state index in [1.165, 1.54) is 128 Å². The summed E-state index contributed by atoms with van der Waals surface area (Å²) in [5.74, 6) is -0.527. The molecule has 0 radical (unpaired) electrons. The molecule has 0 fully saturated rings. The minimum atomic E-state index is -4.42. The fourth-order valence-electron chi connectivity index (χ4n) is 6.46. The molecule has 0 aliphatic rings. The number of allylic oxidation sites excluding steroid dienone is 6. The summed E-state index contributed by atoms with van der Waals surface area (Å²) in [6, 6.07) is 0. The topological polar surface area (TPSA) is 131 Å². The second kappa shape index (κ2) is 43.8. The summed E-state index contributed by atoms with van der Waals surface area (Å²) < 4.78 is 26.9. The van der Waals surface area contributed by atoms with Crippen molar-refractivity contribution in [3.8, 4) is 0 Å². The number of rotatable bonds is 44. The van der Waals surface area contributed by atoms with E-state index in [-0.39, 0.29) is 32.1 Å². The third kappa shape index (κ3) is 45.2. The van der Waals surface area contributed by atoms with Gasteiger partial charge >= 0.3 is 13.8 Å². The zero-order valence-electron chi connectivity index (χ0n) is 36.8. The number of hydrogen-bond donors (Lipinski definition) is 3. The van der Waals surface area contributed by atoms with Crippen LogP contribution in [0.15, 0.2) is 36.5 Å². The molecule has 3 N–H and O–H groups in total. The zero-order chi connectivity index (χ0) is 41.8. The van der Waals surface area contributed by atoms with Crippen molar-refractivity contribution in [1.82, 2.24) is 5.32 Å². The average molecular weight is 826 g/mol. The van der Waals surface area contributed by atoms with Gasteiger partial charge < -0.3 is 20.1 Å². The lowest BCUT2D eigenvalue weighted by Gasteiger charge is -2.15. The van der Waals surface area contributed by atoms with Crippen LogP contribution in [0.25, 0.3) is 0 Å². The van der Waals surface area contributed by atoms with Gasteiger partial charge in [-0.1, -0.05) is 172 Å². The molecule has 0 heterocycles. The molecule has 0 bridgehead atoms. The van der Waals surface area contributed by atoms with Gasteiger partial charge in [0, 0.05) is 19.4 Å². The van der Waals surface area contributed by atoms with Crippen LogP contribution in [0.5, 0.6) is 0 Å². The highest BCUT2D eigenvalue weighted by Gasteiger charge is 2.23. The molecule has 0 saturated heterocycles. The second-order valence-electron chi connectivity index (χ2n) is 15.7. The molecule has 0 spiro atoms. The quantitative estimate of drug-likeness (QED) is 0.0239. The summed E-state index contributed by atoms with van der Waals surface area (Å²) >= 11 is 0. The molecule has 57 heavy (non-hydrogen) atoms. The van der Waals surface area contributed by atoms with Crippen LogP contribution in [0.1, 0.15) is 219 Å². The van der Waals surface area contributed by atoms with Crippen molar-refractivity contribution in [3.05, 3.63) is 36.5 Å². The number of aliphatic hydroxyl groups is 1. The Labute approximate surface area is 350 Å². The van der Waals surface area contributed by atoms with Crippen LogP contribution in [-0.4, -0.2) is 54.3 Å². The maximum Gasteiger partial charge on any atom is 0.472 e. The van der Waals surface area contributed by atoms with Crippen molar-refractivity contribution in [2.75, 3.05) is 26.4 Å². The van der Waals surface area contributed by atoms with E-state index < -0.39 is 26.5 Å². The van der Waals surface area contributed by atoms with E-state index >= 15 is 0 Å². The molecule has 1 amide bonds. The van der Waals surface area contributed by atoms with Gasteiger partial charge in [-0.3, -0.25) is 18.6 Å². The molecule has 9 nitrogen and oxygen atoms in total. The summed E-state index contributed by atoms with van der Waals surface area (Å²) in [6.07, 6.45) is 49.3. The van der Waals surface area contributed by atoms with Gasteiger partial charge in [0.05, 0.1) is 13.2 Å². The van der Waals surface area contributed by atoms with Gasteiger partial charge in [0.25, 0.3) is 0 Å². The highest BCUT2D eigenvalue weighted by atomic mass is 31.2. The third-order valence-corrected chi connectivity index (χ3v) is 11.0. The molecule has 0 aromatic rings. The Morgan fingerprint density at radius 2 is 0.947 bits per heavy atom. The lowest BCUT2D eigenvalue weighted by atomic mass is 10.0. The molecule has 0 saturated carbocycles. The van der Waals surface area contributed by atoms with Crippen LogP contribution in [0.3, 0.4) is 0 Å². The minimum Gasteiger partial charge on any atom is -0.463 e. The molecular weight excluding hydrogens is 737 g/mol. The molecule has 2 atom stereocenters. The first-order valence-electron chi connectivity index (χ1n) is 23.5. The lowest BCUT2D eigenvalue weighted by Crippen LogP contribution is -2.27. The molecule has 10 heteroatoms. The van der Waals surface area contributed by atoms with Crippen molar-refractivity contribution in [2.24, 2.45) is 0 Å². The molecule has 0 aliphatic carbocycles. The number of ether oxygens (including phenoxy) is 1. The lowest BCUT2D eigenvalue weighted by molar-refractivity contribution is -0.147. The van der Waals surface area contributed by atoms with Crippen molar-refractivity contribution in [2.45, 2.75) is 225 Å². The van der Waals surface area contributed by atoms with Crippen LogP contribution in [-0.2, 0) is 27.9 Å². The Kier molecular flexibility index (Phi) is 42.4. The second-order valence-corrected chi connectivity index (χ2v) is 17.2. The van der Waals surface area contributed by atoms with Crippen LogP contribution >= 0.6 is 7.82 Å². The first-order valence-corrected chi connectivity index (χ1v) is 25.0. The predicted octanol–water partition coefficient (Wildman–Crippen LogP) is 13.3. The number of aliphatic hydroxyl groups excluding tert-OH is 1. The standard InChI is InChI=1S/C47H88NO8P/c1-3-5-7-9-11-13-15-17-19-20-21-22-23-24-26-28-30-32-34-36-38-40-47(51)54-43-45(49)44-56-57(52,53)55-42-41-48-46(50)39-37-35-33-31-29-27-25-18-16-14-12-10-8-6-4-2/h12,14,17-19,25,45,49H,3-11,13,15-16,20-24,26-44H2,1-2H3,(H,48,50)(H,52,53)/b14-12-,19-17+,25-18-. The first kappa shape index (κ1) is 55.2. The summed E-state index contributed by atoms with van der Waals surface area (Å²) in [5, 5.41) is 12.7. The van der Waals surface area contributed by atoms with E-state index in [1.807, 2.05) is 0 Å². The minimum absolute atomic E-state index is 0.0744. The molecule has 0 aliphatic heterocycles. The van der Waals surface area contributed by atoms with E-state index in [0.717, 1.165) is 64.2 Å².